The van der Waals surface area contributed by atoms with Crippen LogP contribution in [0.4, 0.5) is 0 Å². The van der Waals surface area contributed by atoms with E-state index in [1.807, 2.05) is 25.2 Å². The average Bonchev–Trinajstić information content (AvgIpc) is 2.71. The van der Waals surface area contributed by atoms with E-state index >= 15 is 0 Å². The number of aliphatic hydroxyl groups excluding tert-OH is 1. The summed E-state index contributed by atoms with van der Waals surface area (Å²) in [7, 11) is -2.05. The van der Waals surface area contributed by atoms with Crippen molar-refractivity contribution < 1.29 is 14.7 Å². The molecule has 0 aliphatic heterocycles. The third-order valence-corrected chi connectivity index (χ3v) is 7.43. The van der Waals surface area contributed by atoms with Gasteiger partial charge in [-0.2, -0.15) is 0 Å². The van der Waals surface area contributed by atoms with Crippen LogP contribution in [0, 0.1) is 0 Å². The van der Waals surface area contributed by atoms with Gasteiger partial charge in [-0.25, -0.2) is 0 Å². The fourth-order valence-electron chi connectivity index (χ4n) is 3.32. The lowest BCUT2D eigenvalue weighted by Gasteiger charge is -2.23. The van der Waals surface area contributed by atoms with Gasteiger partial charge in [-0.15, -0.1) is 0 Å². The van der Waals surface area contributed by atoms with Crippen molar-refractivity contribution in [1.29, 1.82) is 0 Å². The Kier molecular flexibility index (Phi) is 8.41. The van der Waals surface area contributed by atoms with Gasteiger partial charge >= 0.3 is 0 Å². The number of rotatable bonds is 10. The molecule has 1 atom stereocenters. The van der Waals surface area contributed by atoms with Crippen molar-refractivity contribution in [2.45, 2.75) is 70.7 Å². The predicted octanol–water partition coefficient (Wildman–Crippen LogP) is 4.97. The van der Waals surface area contributed by atoms with E-state index in [4.69, 9.17) is 0 Å². The second kappa shape index (κ2) is 10.4. The Bertz CT molecular complexity index is 808. The maximum atomic E-state index is 12.3. The first-order valence-electron chi connectivity index (χ1n) is 10.9. The summed E-state index contributed by atoms with van der Waals surface area (Å²) in [6, 6.07) is 16.4. The van der Waals surface area contributed by atoms with E-state index < -0.39 is 14.4 Å². The van der Waals surface area contributed by atoms with Crippen molar-refractivity contribution in [1.82, 2.24) is 5.32 Å². The number of aliphatic hydroxyl groups is 1. The molecule has 0 heterocycles. The summed E-state index contributed by atoms with van der Waals surface area (Å²) < 4.78 is 0. The van der Waals surface area contributed by atoms with E-state index in [-0.39, 0.29) is 11.3 Å². The van der Waals surface area contributed by atoms with Crippen LogP contribution in [0.3, 0.4) is 0 Å². The van der Waals surface area contributed by atoms with Gasteiger partial charge in [0.15, 0.2) is 8.32 Å². The fourth-order valence-corrected chi connectivity index (χ4v) is 4.36. The summed E-state index contributed by atoms with van der Waals surface area (Å²) in [6.45, 7) is 11.0. The van der Waals surface area contributed by atoms with Gasteiger partial charge in [-0.05, 0) is 66.2 Å². The first kappa shape index (κ1) is 24.3. The van der Waals surface area contributed by atoms with Gasteiger partial charge in [0.2, 0.25) is 0 Å². The molecule has 2 aromatic carbocycles. The molecule has 0 aliphatic rings. The van der Waals surface area contributed by atoms with Crippen molar-refractivity contribution in [3.05, 3.63) is 70.8 Å². The smallest absolute Gasteiger partial charge is 0.251 e. The molecule has 3 N–H and O–H groups in total. The van der Waals surface area contributed by atoms with Crippen molar-refractivity contribution in [2.75, 3.05) is 6.54 Å². The molecule has 0 radical (unpaired) electrons. The maximum Gasteiger partial charge on any atom is 0.251 e. The van der Waals surface area contributed by atoms with Crippen LogP contribution < -0.4 is 5.32 Å². The molecular weight excluding hydrogens is 390 g/mol. The minimum absolute atomic E-state index is 0.123. The Morgan fingerprint density at radius 3 is 2.20 bits per heavy atom. The van der Waals surface area contributed by atoms with Gasteiger partial charge in [0, 0.05) is 18.5 Å². The van der Waals surface area contributed by atoms with E-state index in [1.165, 1.54) is 5.56 Å². The lowest BCUT2D eigenvalue weighted by molar-refractivity contribution is 0.0953. The quantitative estimate of drug-likeness (QED) is 0.370. The van der Waals surface area contributed by atoms with Gasteiger partial charge < -0.3 is 15.2 Å². The normalized spacial score (nSPS) is 13.2. The summed E-state index contributed by atoms with van der Waals surface area (Å²) in [6.07, 6.45) is 1.80. The molecule has 0 bridgehead atoms. The highest BCUT2D eigenvalue weighted by atomic mass is 28.4. The molecule has 30 heavy (non-hydrogen) atoms. The summed E-state index contributed by atoms with van der Waals surface area (Å²) in [5.41, 5.74) is 3.94. The number of hydrogen-bond acceptors (Lipinski definition) is 3. The highest BCUT2D eigenvalue weighted by Crippen LogP contribution is 2.27. The van der Waals surface area contributed by atoms with Crippen LogP contribution in [0.5, 0.6) is 0 Å². The molecule has 1 unspecified atom stereocenters. The lowest BCUT2D eigenvalue weighted by Crippen LogP contribution is -2.29. The van der Waals surface area contributed by atoms with Gasteiger partial charge in [0.1, 0.15) is 0 Å². The molecule has 0 aliphatic carbocycles. The summed E-state index contributed by atoms with van der Waals surface area (Å²) in [4.78, 5) is 22.1. The zero-order valence-corrected chi connectivity index (χ0v) is 20.0. The second-order valence-electron chi connectivity index (χ2n) is 9.45. The molecule has 0 saturated carbocycles. The Labute approximate surface area is 182 Å². The largest absolute Gasteiger partial charge is 0.432 e. The predicted molar refractivity (Wildman–Crippen MR) is 126 cm³/mol. The van der Waals surface area contributed by atoms with Crippen LogP contribution in [-0.4, -0.2) is 30.7 Å². The maximum absolute atomic E-state index is 12.3. The minimum atomic E-state index is -2.05. The first-order chi connectivity index (χ1) is 14.0. The average molecular weight is 428 g/mol. The highest BCUT2D eigenvalue weighted by molar-refractivity contribution is 6.69. The van der Waals surface area contributed by atoms with Crippen LogP contribution >= 0.6 is 0 Å². The fraction of sp³-hybridized carbons (Fsp3) is 0.480. The third kappa shape index (κ3) is 7.38. The van der Waals surface area contributed by atoms with E-state index in [0.717, 1.165) is 30.0 Å². The van der Waals surface area contributed by atoms with E-state index in [2.05, 4.69) is 50.4 Å². The summed E-state index contributed by atoms with van der Waals surface area (Å²) in [5.74, 6) is -0.123. The van der Waals surface area contributed by atoms with Crippen molar-refractivity contribution in [3.63, 3.8) is 0 Å². The van der Waals surface area contributed by atoms with E-state index in [9.17, 15) is 14.7 Å². The van der Waals surface area contributed by atoms with Crippen LogP contribution in [0.2, 0.25) is 19.1 Å². The molecule has 0 saturated heterocycles. The number of hydrogen-bond donors (Lipinski definition) is 3. The Morgan fingerprint density at radius 1 is 1.07 bits per heavy atom. The number of carbonyl (C=O) groups is 1. The Balaban J connectivity index is 1.90. The molecule has 164 valence electrons. The SMILES string of the molecule is CCC(C)(C)c1ccc(CC(O)c2ccc(C(=O)NCCC[Si](C)(C)O)cc2)cc1. The zero-order valence-electron chi connectivity index (χ0n) is 19.0. The van der Waals surface area contributed by atoms with Crippen molar-refractivity contribution in [3.8, 4) is 0 Å². The van der Waals surface area contributed by atoms with Crippen molar-refractivity contribution in [2.24, 2.45) is 0 Å². The van der Waals surface area contributed by atoms with Gasteiger partial charge in [-0.3, -0.25) is 4.79 Å². The lowest BCUT2D eigenvalue weighted by atomic mass is 9.82. The molecule has 0 aromatic heterocycles. The number of nitrogens with one attached hydrogen (secondary N) is 1. The number of amides is 1. The number of benzene rings is 2. The number of carbonyl (C=O) groups excluding carboxylic acids is 1. The van der Waals surface area contributed by atoms with Crippen LogP contribution in [0.25, 0.3) is 0 Å². The molecular formula is C25H37NO3Si. The van der Waals surface area contributed by atoms with E-state index in [0.29, 0.717) is 18.5 Å². The molecule has 4 nitrogen and oxygen atoms in total. The monoisotopic (exact) mass is 427 g/mol. The Hall–Kier alpha value is -1.95. The highest BCUT2D eigenvalue weighted by Gasteiger charge is 2.18. The third-order valence-electron chi connectivity index (χ3n) is 5.86. The van der Waals surface area contributed by atoms with Crippen molar-refractivity contribution >= 4 is 14.2 Å². The van der Waals surface area contributed by atoms with E-state index in [1.54, 1.807) is 12.1 Å². The van der Waals surface area contributed by atoms with Gasteiger partial charge in [-0.1, -0.05) is 57.2 Å². The molecule has 2 rings (SSSR count). The van der Waals surface area contributed by atoms with Crippen LogP contribution in [0.1, 0.15) is 66.8 Å². The molecule has 0 spiro atoms. The molecule has 0 fully saturated rings. The zero-order chi connectivity index (χ0) is 22.4. The molecule has 1 amide bonds. The standard InChI is InChI=1S/C25H37NO3Si/c1-6-25(2,3)22-14-8-19(9-15-22)18-23(27)20-10-12-21(13-11-20)24(28)26-16-7-17-30(4,5)29/h8-15,23,27,29H,6-7,16-18H2,1-5H3,(H,26,28). The van der Waals surface area contributed by atoms with Crippen LogP contribution in [-0.2, 0) is 11.8 Å². The van der Waals surface area contributed by atoms with Gasteiger partial charge in [0.25, 0.3) is 5.91 Å². The Morgan fingerprint density at radius 2 is 1.67 bits per heavy atom. The second-order valence-corrected chi connectivity index (χ2v) is 13.6. The minimum Gasteiger partial charge on any atom is -0.432 e. The summed E-state index contributed by atoms with van der Waals surface area (Å²) in [5, 5.41) is 13.5. The topological polar surface area (TPSA) is 69.6 Å². The summed E-state index contributed by atoms with van der Waals surface area (Å²) >= 11 is 0. The first-order valence-corrected chi connectivity index (χ1v) is 14.1. The van der Waals surface area contributed by atoms with Gasteiger partial charge in [0.05, 0.1) is 6.10 Å². The molecule has 2 aromatic rings. The molecule has 5 heteroatoms. The van der Waals surface area contributed by atoms with Crippen LogP contribution in [0.15, 0.2) is 48.5 Å².